The number of hydrogen-bond donors (Lipinski definition) is 2. The van der Waals surface area contributed by atoms with Gasteiger partial charge >= 0.3 is 0 Å². The Morgan fingerprint density at radius 1 is 1.38 bits per heavy atom. The molecule has 0 bridgehead atoms. The molecular formula is C17H15N3OS3. The summed E-state index contributed by atoms with van der Waals surface area (Å²) in [5.41, 5.74) is 1.81. The number of nitrogens with zero attached hydrogens (tertiary/aromatic N) is 1. The van der Waals surface area contributed by atoms with Crippen LogP contribution < -0.4 is 10.6 Å². The highest BCUT2D eigenvalue weighted by molar-refractivity contribution is 7.80. The van der Waals surface area contributed by atoms with E-state index in [9.17, 15) is 10.1 Å². The SMILES string of the molecule is N#Cc1c(NC(=S)NC(=O)C=Cc2cccs2)sc2c1CCCC2. The second-order valence-electron chi connectivity index (χ2n) is 5.32. The van der Waals surface area contributed by atoms with Gasteiger partial charge in [0.15, 0.2) is 5.11 Å². The normalized spacial score (nSPS) is 13.3. The minimum absolute atomic E-state index is 0.214. The lowest BCUT2D eigenvalue weighted by atomic mass is 9.96. The van der Waals surface area contributed by atoms with E-state index in [4.69, 9.17) is 12.2 Å². The summed E-state index contributed by atoms with van der Waals surface area (Å²) in [5, 5.41) is 17.9. The van der Waals surface area contributed by atoms with Gasteiger partial charge in [-0.1, -0.05) is 6.07 Å². The van der Waals surface area contributed by atoms with Crippen molar-refractivity contribution >= 4 is 57.0 Å². The van der Waals surface area contributed by atoms with Crippen LogP contribution in [-0.4, -0.2) is 11.0 Å². The molecule has 0 saturated heterocycles. The summed E-state index contributed by atoms with van der Waals surface area (Å²) in [4.78, 5) is 14.2. The third kappa shape index (κ3) is 3.90. The number of amides is 1. The molecule has 7 heteroatoms. The first-order chi connectivity index (χ1) is 11.7. The highest BCUT2D eigenvalue weighted by atomic mass is 32.1. The summed E-state index contributed by atoms with van der Waals surface area (Å²) in [6.07, 6.45) is 7.43. The van der Waals surface area contributed by atoms with E-state index in [1.54, 1.807) is 28.7 Å². The second kappa shape index (κ2) is 7.71. The van der Waals surface area contributed by atoms with Crippen molar-refractivity contribution in [1.82, 2.24) is 5.32 Å². The van der Waals surface area contributed by atoms with Gasteiger partial charge in [0.2, 0.25) is 5.91 Å². The highest BCUT2D eigenvalue weighted by Crippen LogP contribution is 2.37. The number of carbonyl (C=O) groups is 1. The van der Waals surface area contributed by atoms with Crippen LogP contribution in [0, 0.1) is 11.3 Å². The summed E-state index contributed by atoms with van der Waals surface area (Å²) < 4.78 is 0. The van der Waals surface area contributed by atoms with E-state index >= 15 is 0 Å². The molecule has 0 aromatic carbocycles. The molecule has 0 saturated carbocycles. The predicted octanol–water partition coefficient (Wildman–Crippen LogP) is 4.09. The Bertz CT molecular complexity index is 828. The predicted molar refractivity (Wildman–Crippen MR) is 103 cm³/mol. The topological polar surface area (TPSA) is 64.9 Å². The van der Waals surface area contributed by atoms with Gasteiger partial charge in [-0.05, 0) is 61.0 Å². The Balaban J connectivity index is 1.64. The van der Waals surface area contributed by atoms with Crippen LogP contribution in [0.2, 0.25) is 0 Å². The first-order valence-corrected chi connectivity index (χ1v) is 9.66. The molecule has 0 aliphatic heterocycles. The fourth-order valence-electron chi connectivity index (χ4n) is 2.60. The van der Waals surface area contributed by atoms with Crippen molar-refractivity contribution in [3.63, 3.8) is 0 Å². The Morgan fingerprint density at radius 3 is 2.96 bits per heavy atom. The van der Waals surface area contributed by atoms with Gasteiger partial charge < -0.3 is 5.32 Å². The zero-order chi connectivity index (χ0) is 16.9. The molecule has 0 atom stereocenters. The molecule has 24 heavy (non-hydrogen) atoms. The molecule has 0 spiro atoms. The van der Waals surface area contributed by atoms with E-state index in [1.807, 2.05) is 17.5 Å². The van der Waals surface area contributed by atoms with Crippen LogP contribution in [-0.2, 0) is 17.6 Å². The van der Waals surface area contributed by atoms with Crippen LogP contribution in [0.15, 0.2) is 23.6 Å². The standard InChI is InChI=1S/C17H15N3OS3/c18-10-13-12-5-1-2-6-14(12)24-16(13)20-17(22)19-15(21)8-7-11-4-3-9-23-11/h3-4,7-9H,1-2,5-6H2,(H2,19,20,21,22). The fraction of sp³-hybridized carbons (Fsp3) is 0.235. The molecule has 4 nitrogen and oxygen atoms in total. The van der Waals surface area contributed by atoms with Crippen LogP contribution in [0.3, 0.4) is 0 Å². The zero-order valence-electron chi connectivity index (χ0n) is 12.8. The number of thiophene rings is 2. The van der Waals surface area contributed by atoms with Crippen molar-refractivity contribution in [2.24, 2.45) is 0 Å². The van der Waals surface area contributed by atoms with Crippen LogP contribution in [0.1, 0.15) is 33.7 Å². The molecule has 2 aromatic heterocycles. The quantitative estimate of drug-likeness (QED) is 0.628. The molecular weight excluding hydrogens is 358 g/mol. The average Bonchev–Trinajstić information content (AvgIpc) is 3.19. The lowest BCUT2D eigenvalue weighted by Gasteiger charge is -2.09. The van der Waals surface area contributed by atoms with E-state index in [0.717, 1.165) is 41.1 Å². The minimum Gasteiger partial charge on any atom is -0.323 e. The molecule has 3 rings (SSSR count). The Morgan fingerprint density at radius 2 is 2.21 bits per heavy atom. The van der Waals surface area contributed by atoms with E-state index in [-0.39, 0.29) is 11.0 Å². The molecule has 0 radical (unpaired) electrons. The Hall–Kier alpha value is -2.01. The third-order valence-corrected chi connectivity index (χ3v) is 5.94. The van der Waals surface area contributed by atoms with Crippen molar-refractivity contribution in [3.8, 4) is 6.07 Å². The summed E-state index contributed by atoms with van der Waals surface area (Å²) in [6.45, 7) is 0. The number of rotatable bonds is 3. The van der Waals surface area contributed by atoms with Crippen molar-refractivity contribution in [2.45, 2.75) is 25.7 Å². The molecule has 0 fully saturated rings. The van der Waals surface area contributed by atoms with Gasteiger partial charge in [-0.25, -0.2) is 0 Å². The summed E-state index contributed by atoms with van der Waals surface area (Å²) in [6, 6.07) is 6.13. The fourth-order valence-corrected chi connectivity index (χ4v) is 4.73. The van der Waals surface area contributed by atoms with Crippen molar-refractivity contribution < 1.29 is 4.79 Å². The average molecular weight is 374 g/mol. The van der Waals surface area contributed by atoms with Crippen LogP contribution in [0.5, 0.6) is 0 Å². The van der Waals surface area contributed by atoms with E-state index in [0.29, 0.717) is 5.56 Å². The maximum atomic E-state index is 11.9. The van der Waals surface area contributed by atoms with Gasteiger partial charge in [0, 0.05) is 15.8 Å². The number of aryl methyl sites for hydroxylation is 1. The van der Waals surface area contributed by atoms with Crippen LogP contribution in [0.25, 0.3) is 6.08 Å². The summed E-state index contributed by atoms with van der Waals surface area (Å²) in [7, 11) is 0. The molecule has 1 aliphatic carbocycles. The van der Waals surface area contributed by atoms with Gasteiger partial charge in [0.1, 0.15) is 11.1 Å². The van der Waals surface area contributed by atoms with Crippen molar-refractivity contribution in [3.05, 3.63) is 44.5 Å². The molecule has 1 amide bonds. The van der Waals surface area contributed by atoms with Crippen LogP contribution in [0.4, 0.5) is 5.00 Å². The lowest BCUT2D eigenvalue weighted by Crippen LogP contribution is -2.32. The van der Waals surface area contributed by atoms with Gasteiger partial charge in [0.05, 0.1) is 5.56 Å². The van der Waals surface area contributed by atoms with Gasteiger partial charge in [0.25, 0.3) is 0 Å². The number of carbonyl (C=O) groups excluding carboxylic acids is 1. The first-order valence-electron chi connectivity index (χ1n) is 7.55. The zero-order valence-corrected chi connectivity index (χ0v) is 15.2. The monoisotopic (exact) mass is 373 g/mol. The Kier molecular flexibility index (Phi) is 5.41. The van der Waals surface area contributed by atoms with E-state index < -0.39 is 0 Å². The van der Waals surface area contributed by atoms with Crippen molar-refractivity contribution in [2.75, 3.05) is 5.32 Å². The third-order valence-electron chi connectivity index (χ3n) is 3.69. The second-order valence-corrected chi connectivity index (χ2v) is 7.81. The summed E-state index contributed by atoms with van der Waals surface area (Å²) >= 11 is 8.32. The lowest BCUT2D eigenvalue weighted by molar-refractivity contribution is -0.115. The summed E-state index contributed by atoms with van der Waals surface area (Å²) in [5.74, 6) is -0.291. The van der Waals surface area contributed by atoms with Gasteiger partial charge in [-0.2, -0.15) is 5.26 Å². The minimum atomic E-state index is -0.291. The molecule has 122 valence electrons. The Labute approximate surface area is 153 Å². The number of nitriles is 1. The molecule has 2 heterocycles. The number of thiocarbonyl (C=S) groups is 1. The molecule has 2 aromatic rings. The molecule has 1 aliphatic rings. The largest absolute Gasteiger partial charge is 0.323 e. The highest BCUT2D eigenvalue weighted by Gasteiger charge is 2.21. The maximum Gasteiger partial charge on any atom is 0.250 e. The van der Waals surface area contributed by atoms with Crippen LogP contribution >= 0.6 is 34.9 Å². The van der Waals surface area contributed by atoms with E-state index in [1.165, 1.54) is 11.0 Å². The first kappa shape index (κ1) is 16.8. The number of hydrogen-bond acceptors (Lipinski definition) is 5. The maximum absolute atomic E-state index is 11.9. The van der Waals surface area contributed by atoms with Gasteiger partial charge in [-0.15, -0.1) is 22.7 Å². The molecule has 2 N–H and O–H groups in total. The van der Waals surface area contributed by atoms with Gasteiger partial charge in [-0.3, -0.25) is 10.1 Å². The number of nitrogens with one attached hydrogen (secondary N) is 2. The number of anilines is 1. The van der Waals surface area contributed by atoms with Crippen molar-refractivity contribution in [1.29, 1.82) is 5.26 Å². The van der Waals surface area contributed by atoms with E-state index in [2.05, 4.69) is 16.7 Å². The number of fused-ring (bicyclic) bond motifs is 1. The smallest absolute Gasteiger partial charge is 0.250 e. The molecule has 0 unspecified atom stereocenters.